The summed E-state index contributed by atoms with van der Waals surface area (Å²) in [5, 5.41) is 7.41. The third-order valence-electron chi connectivity index (χ3n) is 4.69. The van der Waals surface area contributed by atoms with Crippen LogP contribution in [-0.4, -0.2) is 30.1 Å². The number of para-hydroxylation sites is 1. The lowest BCUT2D eigenvalue weighted by Crippen LogP contribution is -2.18. The predicted molar refractivity (Wildman–Crippen MR) is 112 cm³/mol. The summed E-state index contributed by atoms with van der Waals surface area (Å²) in [5.74, 6) is -0.197. The van der Waals surface area contributed by atoms with Crippen LogP contribution in [-0.2, 0) is 4.74 Å². The molecular formula is C20H26ClN3O2S. The maximum absolute atomic E-state index is 12.4. The Labute approximate surface area is 169 Å². The van der Waals surface area contributed by atoms with E-state index < -0.39 is 0 Å². The van der Waals surface area contributed by atoms with E-state index in [1.54, 1.807) is 12.3 Å². The van der Waals surface area contributed by atoms with Crippen molar-refractivity contribution in [2.24, 2.45) is 0 Å². The first-order valence-electron chi connectivity index (χ1n) is 9.51. The van der Waals surface area contributed by atoms with Crippen molar-refractivity contribution in [2.75, 3.05) is 23.8 Å². The Kier molecular flexibility index (Phi) is 7.50. The smallest absolute Gasteiger partial charge is 0.267 e. The summed E-state index contributed by atoms with van der Waals surface area (Å²) in [7, 11) is 0. The minimum atomic E-state index is -0.197. The fraction of sp³-hybridized carbons (Fsp3) is 0.500. The van der Waals surface area contributed by atoms with Gasteiger partial charge in [0.2, 0.25) is 0 Å². The average molecular weight is 408 g/mol. The van der Waals surface area contributed by atoms with Crippen LogP contribution in [0, 0.1) is 6.92 Å². The predicted octanol–water partition coefficient (Wildman–Crippen LogP) is 5.51. The Balaban J connectivity index is 1.42. The van der Waals surface area contributed by atoms with Gasteiger partial charge >= 0.3 is 0 Å². The number of hydrogen-bond donors (Lipinski definition) is 2. The molecule has 1 fully saturated rings. The second-order valence-corrected chi connectivity index (χ2v) is 8.26. The molecule has 1 aliphatic rings. The van der Waals surface area contributed by atoms with Crippen LogP contribution < -0.4 is 10.6 Å². The first-order chi connectivity index (χ1) is 13.1. The quantitative estimate of drug-likeness (QED) is 0.566. The monoisotopic (exact) mass is 407 g/mol. The van der Waals surface area contributed by atoms with Gasteiger partial charge in [-0.3, -0.25) is 4.79 Å². The number of carbonyl (C=O) groups excluding carboxylic acids is 1. The van der Waals surface area contributed by atoms with Crippen molar-refractivity contribution in [1.29, 1.82) is 0 Å². The van der Waals surface area contributed by atoms with Crippen molar-refractivity contribution >= 4 is 39.7 Å². The lowest BCUT2D eigenvalue weighted by atomic mass is 9.98. The number of anilines is 2. The summed E-state index contributed by atoms with van der Waals surface area (Å²) >= 11 is 7.51. The summed E-state index contributed by atoms with van der Waals surface area (Å²) in [6.07, 6.45) is 9.29. The highest BCUT2D eigenvalue weighted by molar-refractivity contribution is 7.17. The van der Waals surface area contributed by atoms with Crippen LogP contribution in [0.5, 0.6) is 0 Å². The van der Waals surface area contributed by atoms with Crippen LogP contribution >= 0.6 is 22.9 Å². The van der Waals surface area contributed by atoms with Gasteiger partial charge in [-0.1, -0.05) is 54.3 Å². The van der Waals surface area contributed by atoms with Gasteiger partial charge in [-0.05, 0) is 37.8 Å². The summed E-state index contributed by atoms with van der Waals surface area (Å²) in [6, 6.07) is 5.54. The maximum atomic E-state index is 12.4. The van der Waals surface area contributed by atoms with Crippen molar-refractivity contribution in [1.82, 2.24) is 4.98 Å². The zero-order valence-electron chi connectivity index (χ0n) is 15.6. The number of carbonyl (C=O) groups is 1. The van der Waals surface area contributed by atoms with E-state index in [2.05, 4.69) is 15.6 Å². The summed E-state index contributed by atoms with van der Waals surface area (Å²) in [4.78, 5) is 17.3. The molecular weight excluding hydrogens is 382 g/mol. The summed E-state index contributed by atoms with van der Waals surface area (Å²) < 4.78 is 5.92. The third kappa shape index (κ3) is 5.92. The molecule has 0 saturated heterocycles. The minimum Gasteiger partial charge on any atom is -0.378 e. The highest BCUT2D eigenvalue weighted by Crippen LogP contribution is 2.27. The van der Waals surface area contributed by atoms with Crippen LogP contribution in [0.4, 0.5) is 10.8 Å². The average Bonchev–Trinajstić information content (AvgIpc) is 3.14. The maximum Gasteiger partial charge on any atom is 0.267 e. The summed E-state index contributed by atoms with van der Waals surface area (Å²) in [5.41, 5.74) is 1.57. The van der Waals surface area contributed by atoms with E-state index in [0.29, 0.717) is 21.7 Å². The lowest BCUT2D eigenvalue weighted by Gasteiger charge is -2.21. The van der Waals surface area contributed by atoms with Crippen LogP contribution in [0.15, 0.2) is 24.4 Å². The molecule has 2 aromatic rings. The number of aryl methyl sites for hydroxylation is 1. The van der Waals surface area contributed by atoms with E-state index in [4.69, 9.17) is 16.3 Å². The highest BCUT2D eigenvalue weighted by atomic mass is 35.5. The molecule has 2 N–H and O–H groups in total. The van der Waals surface area contributed by atoms with Crippen LogP contribution in [0.25, 0.3) is 0 Å². The van der Waals surface area contributed by atoms with Gasteiger partial charge < -0.3 is 15.4 Å². The minimum absolute atomic E-state index is 0.197. The molecule has 0 radical (unpaired) electrons. The standard InChI is InChI=1S/C20H26ClN3O2S/c1-14-7-5-10-16(21)18(14)24-19(25)17-13-23-20(27-17)22-11-6-12-26-15-8-3-2-4-9-15/h5,7,10,13,15H,2-4,6,8-9,11-12H2,1H3,(H,22,23)(H,24,25). The van der Waals surface area contributed by atoms with Crippen molar-refractivity contribution in [3.05, 3.63) is 39.9 Å². The molecule has 0 unspecified atom stereocenters. The number of ether oxygens (including phenoxy) is 1. The lowest BCUT2D eigenvalue weighted by molar-refractivity contribution is 0.0284. The van der Waals surface area contributed by atoms with E-state index in [9.17, 15) is 4.79 Å². The number of hydrogen-bond acceptors (Lipinski definition) is 5. The fourth-order valence-corrected chi connectivity index (χ4v) is 4.18. The van der Waals surface area contributed by atoms with Gasteiger partial charge in [0, 0.05) is 13.2 Å². The van der Waals surface area contributed by atoms with E-state index in [0.717, 1.165) is 30.3 Å². The largest absolute Gasteiger partial charge is 0.378 e. The molecule has 3 rings (SSSR count). The van der Waals surface area contributed by atoms with Crippen molar-refractivity contribution in [3.8, 4) is 0 Å². The molecule has 0 bridgehead atoms. The molecule has 5 nitrogen and oxygen atoms in total. The zero-order valence-corrected chi connectivity index (χ0v) is 17.2. The topological polar surface area (TPSA) is 63.2 Å². The van der Waals surface area contributed by atoms with Gasteiger partial charge in [-0.2, -0.15) is 0 Å². The second-order valence-electron chi connectivity index (χ2n) is 6.83. The van der Waals surface area contributed by atoms with E-state index >= 15 is 0 Å². The van der Waals surface area contributed by atoms with Gasteiger partial charge in [0.1, 0.15) is 4.88 Å². The molecule has 146 valence electrons. The van der Waals surface area contributed by atoms with Gasteiger partial charge in [-0.25, -0.2) is 4.98 Å². The molecule has 0 atom stereocenters. The molecule has 0 spiro atoms. The summed E-state index contributed by atoms with van der Waals surface area (Å²) in [6.45, 7) is 3.46. The van der Waals surface area contributed by atoms with Crippen LogP contribution in [0.3, 0.4) is 0 Å². The Morgan fingerprint density at radius 2 is 2.15 bits per heavy atom. The SMILES string of the molecule is Cc1cccc(Cl)c1NC(=O)c1cnc(NCCCOC2CCCCC2)s1. The van der Waals surface area contributed by atoms with Crippen LogP contribution in [0.1, 0.15) is 53.8 Å². The highest BCUT2D eigenvalue weighted by Gasteiger charge is 2.14. The van der Waals surface area contributed by atoms with Gasteiger partial charge in [-0.15, -0.1) is 0 Å². The molecule has 1 aliphatic carbocycles. The normalized spacial score (nSPS) is 14.9. The van der Waals surface area contributed by atoms with E-state index in [-0.39, 0.29) is 5.91 Å². The van der Waals surface area contributed by atoms with E-state index in [1.807, 2.05) is 19.1 Å². The molecule has 1 aromatic heterocycles. The van der Waals surface area contributed by atoms with Gasteiger partial charge in [0.25, 0.3) is 5.91 Å². The number of benzene rings is 1. The number of nitrogens with one attached hydrogen (secondary N) is 2. The number of aromatic nitrogens is 1. The van der Waals surface area contributed by atoms with Crippen molar-refractivity contribution < 1.29 is 9.53 Å². The fourth-order valence-electron chi connectivity index (χ4n) is 3.18. The molecule has 1 heterocycles. The zero-order chi connectivity index (χ0) is 19.1. The first-order valence-corrected chi connectivity index (χ1v) is 10.7. The number of rotatable bonds is 8. The third-order valence-corrected chi connectivity index (χ3v) is 5.96. The van der Waals surface area contributed by atoms with E-state index in [1.165, 1.54) is 43.4 Å². The Hall–Kier alpha value is -1.63. The molecule has 27 heavy (non-hydrogen) atoms. The Morgan fingerprint density at radius 3 is 2.93 bits per heavy atom. The van der Waals surface area contributed by atoms with Crippen LogP contribution in [0.2, 0.25) is 5.02 Å². The second kappa shape index (κ2) is 10.1. The molecule has 1 amide bonds. The number of thiazole rings is 1. The molecule has 0 aliphatic heterocycles. The number of nitrogens with zero attached hydrogens (tertiary/aromatic N) is 1. The van der Waals surface area contributed by atoms with Gasteiger partial charge in [0.15, 0.2) is 5.13 Å². The van der Waals surface area contributed by atoms with Crippen molar-refractivity contribution in [3.63, 3.8) is 0 Å². The molecule has 7 heteroatoms. The van der Waals surface area contributed by atoms with Crippen molar-refractivity contribution in [2.45, 2.75) is 51.6 Å². The molecule has 1 aromatic carbocycles. The van der Waals surface area contributed by atoms with Gasteiger partial charge in [0.05, 0.1) is 23.0 Å². The number of amides is 1. The Morgan fingerprint density at radius 1 is 1.33 bits per heavy atom. The Bertz CT molecular complexity index is 739. The molecule has 1 saturated carbocycles. The first kappa shape index (κ1) is 20.1. The number of halogens is 1.